The van der Waals surface area contributed by atoms with Crippen molar-refractivity contribution in [1.29, 1.82) is 0 Å². The number of benzene rings is 1. The number of amides is 1. The van der Waals surface area contributed by atoms with Crippen LogP contribution in [0.15, 0.2) is 29.6 Å². The highest BCUT2D eigenvalue weighted by Crippen LogP contribution is 2.28. The summed E-state index contributed by atoms with van der Waals surface area (Å²) in [6, 6.07) is 5.54. The van der Waals surface area contributed by atoms with Crippen LogP contribution in [0.4, 0.5) is 13.2 Å². The van der Waals surface area contributed by atoms with Gasteiger partial charge in [0.05, 0.1) is 12.1 Å². The van der Waals surface area contributed by atoms with Crippen LogP contribution in [0.2, 0.25) is 0 Å². The largest absolute Gasteiger partial charge is 0.573 e. The van der Waals surface area contributed by atoms with E-state index < -0.39 is 6.36 Å². The van der Waals surface area contributed by atoms with Gasteiger partial charge in [0, 0.05) is 24.0 Å². The number of hydrogen-bond donors (Lipinski definition) is 0. The van der Waals surface area contributed by atoms with Crippen LogP contribution >= 0.6 is 11.3 Å². The summed E-state index contributed by atoms with van der Waals surface area (Å²) < 4.78 is 40.3. The molecular weight excluding hydrogens is 341 g/mol. The number of halogens is 3. The molecule has 0 bridgehead atoms. The maximum atomic E-state index is 12.1. The Balaban J connectivity index is 1.65. The van der Waals surface area contributed by atoms with Crippen molar-refractivity contribution >= 4 is 17.2 Å². The van der Waals surface area contributed by atoms with E-state index in [1.807, 2.05) is 10.3 Å². The molecule has 0 N–H and O–H groups in total. The topological polar surface area (TPSA) is 42.4 Å². The molecule has 1 amide bonds. The van der Waals surface area contributed by atoms with Crippen LogP contribution in [-0.2, 0) is 11.2 Å². The second kappa shape index (κ2) is 6.80. The van der Waals surface area contributed by atoms with Crippen molar-refractivity contribution in [1.82, 2.24) is 9.88 Å². The first-order chi connectivity index (χ1) is 11.4. The van der Waals surface area contributed by atoms with E-state index in [9.17, 15) is 18.0 Å². The van der Waals surface area contributed by atoms with Crippen LogP contribution in [0.3, 0.4) is 0 Å². The molecule has 1 saturated heterocycles. The van der Waals surface area contributed by atoms with Crippen LogP contribution in [0.25, 0.3) is 10.6 Å². The summed E-state index contributed by atoms with van der Waals surface area (Å²) in [6.07, 6.45) is -2.36. The molecule has 128 valence electrons. The summed E-state index contributed by atoms with van der Waals surface area (Å²) in [5, 5.41) is 2.47. The summed E-state index contributed by atoms with van der Waals surface area (Å²) in [5.74, 6) is -0.203. The van der Waals surface area contributed by atoms with Gasteiger partial charge < -0.3 is 9.64 Å². The molecule has 0 radical (unpaired) electrons. The summed E-state index contributed by atoms with van der Waals surface area (Å²) >= 11 is 1.36. The second-order valence-corrected chi connectivity index (χ2v) is 6.34. The summed E-state index contributed by atoms with van der Waals surface area (Å²) in [7, 11) is 0. The molecule has 1 aromatic carbocycles. The highest BCUT2D eigenvalue weighted by atomic mass is 32.1. The summed E-state index contributed by atoms with van der Waals surface area (Å²) in [5.41, 5.74) is 1.37. The number of ether oxygens (including phenoxy) is 1. The third-order valence-electron chi connectivity index (χ3n) is 3.68. The minimum atomic E-state index is -4.70. The summed E-state index contributed by atoms with van der Waals surface area (Å²) in [4.78, 5) is 18.3. The maximum absolute atomic E-state index is 12.1. The maximum Gasteiger partial charge on any atom is 0.573 e. The zero-order chi connectivity index (χ0) is 17.2. The molecule has 1 aliphatic heterocycles. The van der Waals surface area contributed by atoms with Crippen LogP contribution in [-0.4, -0.2) is 35.2 Å². The minimum Gasteiger partial charge on any atom is -0.406 e. The first-order valence-electron chi connectivity index (χ1n) is 7.49. The fraction of sp³-hybridized carbons (Fsp3) is 0.375. The van der Waals surface area contributed by atoms with Gasteiger partial charge in [0.15, 0.2) is 0 Å². The quantitative estimate of drug-likeness (QED) is 0.835. The molecule has 1 aliphatic rings. The van der Waals surface area contributed by atoms with Gasteiger partial charge in [0.1, 0.15) is 10.8 Å². The lowest BCUT2D eigenvalue weighted by Gasteiger charge is -2.13. The lowest BCUT2D eigenvalue weighted by atomic mass is 10.2. The number of thiazole rings is 1. The standard InChI is InChI=1S/C16H15F3N2O2S/c17-16(18,19)23-13-5-3-11(4-6-13)15-20-12(10-24-15)9-14(22)21-7-1-2-8-21/h3-6,10H,1-2,7-9H2. The lowest BCUT2D eigenvalue weighted by Crippen LogP contribution is -2.29. The number of rotatable bonds is 4. The van der Waals surface area contributed by atoms with Crippen molar-refractivity contribution in [2.75, 3.05) is 13.1 Å². The van der Waals surface area contributed by atoms with E-state index in [-0.39, 0.29) is 18.1 Å². The number of carbonyl (C=O) groups excluding carboxylic acids is 1. The van der Waals surface area contributed by atoms with Gasteiger partial charge in [-0.25, -0.2) is 4.98 Å². The van der Waals surface area contributed by atoms with Gasteiger partial charge in [-0.1, -0.05) is 0 Å². The van der Waals surface area contributed by atoms with Gasteiger partial charge in [-0.15, -0.1) is 24.5 Å². The average Bonchev–Trinajstić information content (AvgIpc) is 3.17. The number of hydrogen-bond acceptors (Lipinski definition) is 4. The van der Waals surface area contributed by atoms with Gasteiger partial charge >= 0.3 is 6.36 Å². The Morgan fingerprint density at radius 1 is 1.21 bits per heavy atom. The molecule has 2 heterocycles. The third kappa shape index (κ3) is 4.25. The first-order valence-corrected chi connectivity index (χ1v) is 8.37. The Morgan fingerprint density at radius 3 is 2.50 bits per heavy atom. The molecule has 0 aliphatic carbocycles. The zero-order valence-corrected chi connectivity index (χ0v) is 13.5. The molecule has 0 saturated carbocycles. The van der Waals surface area contributed by atoms with Gasteiger partial charge in [0.2, 0.25) is 5.91 Å². The lowest BCUT2D eigenvalue weighted by molar-refractivity contribution is -0.274. The molecule has 8 heteroatoms. The van der Waals surface area contributed by atoms with E-state index in [0.29, 0.717) is 16.3 Å². The Kier molecular flexibility index (Phi) is 4.75. The Morgan fingerprint density at radius 2 is 1.88 bits per heavy atom. The SMILES string of the molecule is O=C(Cc1csc(-c2ccc(OC(F)(F)F)cc2)n1)N1CCCC1. The molecular formula is C16H15F3N2O2S. The molecule has 1 fully saturated rings. The molecule has 0 spiro atoms. The molecule has 1 aromatic heterocycles. The Bertz CT molecular complexity index is 707. The van der Waals surface area contributed by atoms with E-state index in [2.05, 4.69) is 9.72 Å². The van der Waals surface area contributed by atoms with Crippen molar-refractivity contribution in [3.63, 3.8) is 0 Å². The number of nitrogens with zero attached hydrogens (tertiary/aromatic N) is 2. The van der Waals surface area contributed by atoms with Crippen LogP contribution in [0.5, 0.6) is 5.75 Å². The molecule has 4 nitrogen and oxygen atoms in total. The minimum absolute atomic E-state index is 0.0678. The Labute approximate surface area is 140 Å². The number of likely N-dealkylation sites (tertiary alicyclic amines) is 1. The van der Waals surface area contributed by atoms with Gasteiger partial charge in [-0.3, -0.25) is 4.79 Å². The number of aromatic nitrogens is 1. The average molecular weight is 356 g/mol. The normalized spacial score (nSPS) is 14.9. The predicted octanol–water partition coefficient (Wildman–Crippen LogP) is 3.87. The number of carbonyl (C=O) groups is 1. The highest BCUT2D eigenvalue weighted by Gasteiger charge is 2.31. The predicted molar refractivity (Wildman–Crippen MR) is 83.8 cm³/mol. The molecule has 0 atom stereocenters. The van der Waals surface area contributed by atoms with E-state index in [4.69, 9.17) is 0 Å². The highest BCUT2D eigenvalue weighted by molar-refractivity contribution is 7.13. The van der Waals surface area contributed by atoms with Gasteiger partial charge in [-0.2, -0.15) is 0 Å². The van der Waals surface area contributed by atoms with E-state index >= 15 is 0 Å². The Hall–Kier alpha value is -2.09. The smallest absolute Gasteiger partial charge is 0.406 e. The molecule has 24 heavy (non-hydrogen) atoms. The van der Waals surface area contributed by atoms with Crippen molar-refractivity contribution < 1.29 is 22.7 Å². The fourth-order valence-corrected chi connectivity index (χ4v) is 3.38. The van der Waals surface area contributed by atoms with Crippen molar-refractivity contribution in [2.45, 2.75) is 25.6 Å². The monoisotopic (exact) mass is 356 g/mol. The van der Waals surface area contributed by atoms with Crippen LogP contribution < -0.4 is 4.74 Å². The zero-order valence-electron chi connectivity index (χ0n) is 12.7. The van der Waals surface area contributed by atoms with Gasteiger partial charge in [-0.05, 0) is 37.1 Å². The fourth-order valence-electron chi connectivity index (χ4n) is 2.55. The van der Waals surface area contributed by atoms with Crippen LogP contribution in [0, 0.1) is 0 Å². The molecule has 2 aromatic rings. The van der Waals surface area contributed by atoms with E-state index in [1.165, 1.54) is 35.6 Å². The summed E-state index contributed by atoms with van der Waals surface area (Å²) in [6.45, 7) is 1.60. The molecule has 3 rings (SSSR count). The first kappa shape index (κ1) is 16.8. The van der Waals surface area contributed by atoms with E-state index in [0.717, 1.165) is 25.9 Å². The molecule has 0 unspecified atom stereocenters. The third-order valence-corrected chi connectivity index (χ3v) is 4.62. The van der Waals surface area contributed by atoms with Gasteiger partial charge in [0.25, 0.3) is 0 Å². The number of alkyl halides is 3. The second-order valence-electron chi connectivity index (χ2n) is 5.48. The van der Waals surface area contributed by atoms with Crippen molar-refractivity contribution in [3.05, 3.63) is 35.3 Å². The van der Waals surface area contributed by atoms with Crippen LogP contribution in [0.1, 0.15) is 18.5 Å². The van der Waals surface area contributed by atoms with Crippen molar-refractivity contribution in [3.8, 4) is 16.3 Å². The van der Waals surface area contributed by atoms with Crippen molar-refractivity contribution in [2.24, 2.45) is 0 Å². The van der Waals surface area contributed by atoms with E-state index in [1.54, 1.807) is 0 Å².